The van der Waals surface area contributed by atoms with Crippen LogP contribution in [-0.2, 0) is 0 Å². The predicted octanol–water partition coefficient (Wildman–Crippen LogP) is 2.52. The molecule has 136 valence electrons. The van der Waals surface area contributed by atoms with Crippen LogP contribution in [0.25, 0.3) is 11.3 Å². The highest BCUT2D eigenvalue weighted by atomic mass is 16.5. The Bertz CT molecular complexity index is 1040. The minimum Gasteiger partial charge on any atom is -0.496 e. The van der Waals surface area contributed by atoms with Gasteiger partial charge in [-0.15, -0.1) is 0 Å². The number of hydrogen-bond acceptors (Lipinski definition) is 5. The van der Waals surface area contributed by atoms with E-state index in [2.05, 4.69) is 20.5 Å². The molecule has 7 heteroatoms. The van der Waals surface area contributed by atoms with Gasteiger partial charge in [-0.05, 0) is 54.4 Å². The molecule has 0 saturated carbocycles. The molecule has 0 saturated heterocycles. The number of aromatic nitrogens is 2. The molecule has 2 heterocycles. The molecule has 1 amide bonds. The average Bonchev–Trinajstić information content (AvgIpc) is 2.68. The predicted molar refractivity (Wildman–Crippen MR) is 103 cm³/mol. The van der Waals surface area contributed by atoms with Crippen LogP contribution in [-0.4, -0.2) is 29.2 Å². The maximum Gasteiger partial charge on any atom is 0.272 e. The highest BCUT2D eigenvalue weighted by Crippen LogP contribution is 2.24. The maximum absolute atomic E-state index is 12.0. The van der Waals surface area contributed by atoms with Gasteiger partial charge in [-0.3, -0.25) is 14.6 Å². The van der Waals surface area contributed by atoms with E-state index >= 15 is 0 Å². The monoisotopic (exact) mass is 362 g/mol. The molecule has 2 N–H and O–H groups in total. The Hall–Kier alpha value is -3.74. The number of methoxy groups -OCH3 is 1. The quantitative estimate of drug-likeness (QED) is 0.538. The zero-order valence-electron chi connectivity index (χ0n) is 14.9. The number of carbonyl (C=O) groups is 1. The summed E-state index contributed by atoms with van der Waals surface area (Å²) in [6.07, 6.45) is 4.55. The third-order valence-corrected chi connectivity index (χ3v) is 3.90. The summed E-state index contributed by atoms with van der Waals surface area (Å²) in [6, 6.07) is 12.2. The number of pyridine rings is 2. The lowest BCUT2D eigenvalue weighted by atomic mass is 10.1. The van der Waals surface area contributed by atoms with Crippen molar-refractivity contribution in [2.75, 3.05) is 7.11 Å². The van der Waals surface area contributed by atoms with Crippen LogP contribution in [0.1, 0.15) is 21.5 Å². The fourth-order valence-electron chi connectivity index (χ4n) is 2.50. The number of rotatable bonds is 5. The summed E-state index contributed by atoms with van der Waals surface area (Å²) in [5.74, 6) is 0.406. The van der Waals surface area contributed by atoms with Crippen LogP contribution >= 0.6 is 0 Å². The van der Waals surface area contributed by atoms with Crippen molar-refractivity contribution in [1.82, 2.24) is 15.4 Å². The standard InChI is InChI=1S/C20H18N4O3/c1-13-9-15(3-5-18(13)27-2)17-10-14(7-8-21-17)11-23-24-20(26)16-4-6-19(25)22-12-16/h3-12H,1-2H3,(H,22,25)(H,24,26)/b23-11+. The van der Waals surface area contributed by atoms with Gasteiger partial charge in [-0.2, -0.15) is 5.10 Å². The Labute approximate surface area is 155 Å². The van der Waals surface area contributed by atoms with Crippen molar-refractivity contribution < 1.29 is 9.53 Å². The molecule has 27 heavy (non-hydrogen) atoms. The first kappa shape index (κ1) is 18.1. The third-order valence-electron chi connectivity index (χ3n) is 3.90. The normalized spacial score (nSPS) is 10.7. The molecule has 0 fully saturated rings. The maximum atomic E-state index is 12.0. The van der Waals surface area contributed by atoms with Crippen molar-refractivity contribution in [2.24, 2.45) is 5.10 Å². The van der Waals surface area contributed by atoms with Crippen LogP contribution in [0.3, 0.4) is 0 Å². The Morgan fingerprint density at radius 1 is 1.22 bits per heavy atom. The lowest BCUT2D eigenvalue weighted by Crippen LogP contribution is -2.19. The molecule has 3 aromatic rings. The largest absolute Gasteiger partial charge is 0.496 e. The zero-order chi connectivity index (χ0) is 19.2. The Balaban J connectivity index is 1.73. The van der Waals surface area contributed by atoms with Crippen molar-refractivity contribution in [3.05, 3.63) is 81.9 Å². The van der Waals surface area contributed by atoms with Gasteiger partial charge < -0.3 is 9.72 Å². The zero-order valence-corrected chi connectivity index (χ0v) is 14.9. The number of benzene rings is 1. The summed E-state index contributed by atoms with van der Waals surface area (Å²) in [7, 11) is 1.64. The topological polar surface area (TPSA) is 96.4 Å². The molecule has 0 unspecified atom stereocenters. The van der Waals surface area contributed by atoms with Crippen LogP contribution in [0.15, 0.2) is 64.8 Å². The molecule has 3 rings (SSSR count). The second kappa shape index (κ2) is 8.09. The molecule has 0 radical (unpaired) electrons. The summed E-state index contributed by atoms with van der Waals surface area (Å²) in [4.78, 5) is 29.8. The summed E-state index contributed by atoms with van der Waals surface area (Å²) < 4.78 is 5.28. The van der Waals surface area contributed by atoms with Crippen molar-refractivity contribution >= 4 is 12.1 Å². The van der Waals surface area contributed by atoms with Crippen LogP contribution in [0.4, 0.5) is 0 Å². The number of amides is 1. The van der Waals surface area contributed by atoms with E-state index in [9.17, 15) is 9.59 Å². The summed E-state index contributed by atoms with van der Waals surface area (Å²) in [5, 5.41) is 3.96. The lowest BCUT2D eigenvalue weighted by molar-refractivity contribution is 0.0954. The number of nitrogens with zero attached hydrogens (tertiary/aromatic N) is 2. The van der Waals surface area contributed by atoms with Gasteiger partial charge in [0.25, 0.3) is 5.91 Å². The summed E-state index contributed by atoms with van der Waals surface area (Å²) in [6.45, 7) is 1.97. The van der Waals surface area contributed by atoms with E-state index in [1.54, 1.807) is 19.4 Å². The molecule has 7 nitrogen and oxygen atoms in total. The van der Waals surface area contributed by atoms with Crippen molar-refractivity contribution in [2.45, 2.75) is 6.92 Å². The average molecular weight is 362 g/mol. The Kier molecular flexibility index (Phi) is 5.41. The number of H-pyrrole nitrogens is 1. The first-order valence-corrected chi connectivity index (χ1v) is 8.20. The number of ether oxygens (including phenoxy) is 1. The number of aryl methyl sites for hydroxylation is 1. The second-order valence-electron chi connectivity index (χ2n) is 5.80. The van der Waals surface area contributed by atoms with Crippen LogP contribution < -0.4 is 15.7 Å². The Morgan fingerprint density at radius 3 is 2.78 bits per heavy atom. The molecule has 0 spiro atoms. The smallest absolute Gasteiger partial charge is 0.272 e. The van der Waals surface area contributed by atoms with Crippen LogP contribution in [0.2, 0.25) is 0 Å². The Morgan fingerprint density at radius 2 is 2.07 bits per heavy atom. The molecule has 0 atom stereocenters. The fourth-order valence-corrected chi connectivity index (χ4v) is 2.50. The molecule has 1 aromatic carbocycles. The van der Waals surface area contributed by atoms with Gasteiger partial charge in [0.2, 0.25) is 5.56 Å². The number of hydrogen-bond donors (Lipinski definition) is 2. The first-order valence-electron chi connectivity index (χ1n) is 8.20. The molecule has 2 aromatic heterocycles. The number of aromatic amines is 1. The van der Waals surface area contributed by atoms with E-state index in [1.807, 2.05) is 31.2 Å². The molecule has 0 aliphatic carbocycles. The first-order chi connectivity index (χ1) is 13.1. The van der Waals surface area contributed by atoms with E-state index in [0.717, 1.165) is 28.1 Å². The molecule has 0 aliphatic rings. The highest BCUT2D eigenvalue weighted by Gasteiger charge is 2.05. The summed E-state index contributed by atoms with van der Waals surface area (Å²) >= 11 is 0. The number of carbonyl (C=O) groups excluding carboxylic acids is 1. The third kappa shape index (κ3) is 4.46. The van der Waals surface area contributed by atoms with Crippen molar-refractivity contribution in [3.63, 3.8) is 0 Å². The number of hydrazone groups is 1. The van der Waals surface area contributed by atoms with Crippen molar-refractivity contribution in [3.8, 4) is 17.0 Å². The van der Waals surface area contributed by atoms with Gasteiger partial charge in [0.15, 0.2) is 0 Å². The molecular weight excluding hydrogens is 344 g/mol. The SMILES string of the molecule is COc1ccc(-c2cc(/C=N/NC(=O)c3ccc(=O)[nH]c3)ccn2)cc1C. The van der Waals surface area contributed by atoms with Gasteiger partial charge in [0, 0.05) is 24.0 Å². The van der Waals surface area contributed by atoms with Gasteiger partial charge in [0.1, 0.15) is 5.75 Å². The van der Waals surface area contributed by atoms with E-state index in [1.165, 1.54) is 24.5 Å². The van der Waals surface area contributed by atoms with Gasteiger partial charge in [-0.25, -0.2) is 5.43 Å². The lowest BCUT2D eigenvalue weighted by Gasteiger charge is -2.07. The van der Waals surface area contributed by atoms with Gasteiger partial charge in [-0.1, -0.05) is 0 Å². The van der Waals surface area contributed by atoms with Crippen LogP contribution in [0.5, 0.6) is 5.75 Å². The van der Waals surface area contributed by atoms with E-state index < -0.39 is 5.91 Å². The van der Waals surface area contributed by atoms with Crippen LogP contribution in [0, 0.1) is 6.92 Å². The minimum atomic E-state index is -0.414. The number of nitrogens with one attached hydrogen (secondary N) is 2. The van der Waals surface area contributed by atoms with Gasteiger partial charge in [0.05, 0.1) is 24.6 Å². The second-order valence-corrected chi connectivity index (χ2v) is 5.80. The fraction of sp³-hybridized carbons (Fsp3) is 0.100. The molecule has 0 aliphatic heterocycles. The molecular formula is C20H18N4O3. The van der Waals surface area contributed by atoms with E-state index in [-0.39, 0.29) is 5.56 Å². The van der Waals surface area contributed by atoms with E-state index in [4.69, 9.17) is 4.74 Å². The highest BCUT2D eigenvalue weighted by molar-refractivity contribution is 5.94. The van der Waals surface area contributed by atoms with E-state index in [0.29, 0.717) is 5.56 Å². The minimum absolute atomic E-state index is 0.270. The van der Waals surface area contributed by atoms with Gasteiger partial charge >= 0.3 is 0 Å². The summed E-state index contributed by atoms with van der Waals surface area (Å²) in [5.41, 5.74) is 6.02. The molecule has 0 bridgehead atoms. The van der Waals surface area contributed by atoms with Crippen molar-refractivity contribution in [1.29, 1.82) is 0 Å².